The summed E-state index contributed by atoms with van der Waals surface area (Å²) < 4.78 is 10.6. The Kier molecular flexibility index (Phi) is 11.2. The summed E-state index contributed by atoms with van der Waals surface area (Å²) in [5.74, 6) is -1.20. The highest BCUT2D eigenvalue weighted by Gasteiger charge is 2.03. The lowest BCUT2D eigenvalue weighted by Crippen LogP contribution is -2.06. The Morgan fingerprint density at radius 1 is 1.22 bits per heavy atom. The van der Waals surface area contributed by atoms with Crippen molar-refractivity contribution in [3.63, 3.8) is 0 Å². The van der Waals surface area contributed by atoms with E-state index in [2.05, 4.69) is 6.92 Å². The standard InChI is InChI=1S/C13H21NO4/c1-2-3-4-7-17-9-10-18-8-5-6-12(11-14)13(15)16/h6H,2-5,7-10H2,1H3,(H,15,16). The van der Waals surface area contributed by atoms with E-state index in [-0.39, 0.29) is 5.57 Å². The molecule has 0 rings (SSSR count). The van der Waals surface area contributed by atoms with Crippen molar-refractivity contribution in [2.24, 2.45) is 0 Å². The van der Waals surface area contributed by atoms with Crippen LogP contribution in [0.5, 0.6) is 0 Å². The molecule has 0 heterocycles. The van der Waals surface area contributed by atoms with Crippen molar-refractivity contribution in [3.8, 4) is 6.07 Å². The fraction of sp³-hybridized carbons (Fsp3) is 0.692. The quantitative estimate of drug-likeness (QED) is 0.347. The number of unbranched alkanes of at least 4 members (excludes halogenated alkanes) is 2. The Balaban J connectivity index is 3.36. The van der Waals surface area contributed by atoms with E-state index in [1.54, 1.807) is 6.07 Å². The molecular weight excluding hydrogens is 234 g/mol. The van der Waals surface area contributed by atoms with Gasteiger partial charge in [-0.15, -0.1) is 0 Å². The smallest absolute Gasteiger partial charge is 0.346 e. The van der Waals surface area contributed by atoms with Crippen LogP contribution in [0.15, 0.2) is 11.6 Å². The highest BCUT2D eigenvalue weighted by Crippen LogP contribution is 1.96. The number of nitrogens with zero attached hydrogens (tertiary/aromatic N) is 1. The molecule has 102 valence electrons. The van der Waals surface area contributed by atoms with E-state index in [0.29, 0.717) is 26.2 Å². The Morgan fingerprint density at radius 3 is 2.44 bits per heavy atom. The van der Waals surface area contributed by atoms with Gasteiger partial charge in [-0.2, -0.15) is 5.26 Å². The Morgan fingerprint density at radius 2 is 1.89 bits per heavy atom. The molecule has 0 aliphatic rings. The van der Waals surface area contributed by atoms with Crippen molar-refractivity contribution < 1.29 is 19.4 Å². The largest absolute Gasteiger partial charge is 0.477 e. The lowest BCUT2D eigenvalue weighted by Gasteiger charge is -2.04. The molecule has 5 heteroatoms. The zero-order valence-corrected chi connectivity index (χ0v) is 10.9. The SMILES string of the molecule is CCCCCOCCOCCC=C(C#N)C(=O)O. The molecule has 5 nitrogen and oxygen atoms in total. The molecule has 0 fully saturated rings. The Labute approximate surface area is 108 Å². The van der Waals surface area contributed by atoms with Crippen molar-refractivity contribution in [1.29, 1.82) is 5.26 Å². The van der Waals surface area contributed by atoms with Crippen LogP contribution < -0.4 is 0 Å². The number of hydrogen-bond donors (Lipinski definition) is 1. The lowest BCUT2D eigenvalue weighted by atomic mass is 10.2. The van der Waals surface area contributed by atoms with Crippen molar-refractivity contribution >= 4 is 5.97 Å². The molecule has 0 atom stereocenters. The van der Waals surface area contributed by atoms with Crippen LogP contribution in [0.25, 0.3) is 0 Å². The summed E-state index contributed by atoms with van der Waals surface area (Å²) in [6, 6.07) is 1.61. The third kappa shape index (κ3) is 9.82. The molecule has 0 unspecified atom stereocenters. The molecule has 0 aliphatic carbocycles. The van der Waals surface area contributed by atoms with Gasteiger partial charge in [0.15, 0.2) is 0 Å². The molecule has 0 aromatic carbocycles. The molecule has 0 radical (unpaired) electrons. The van der Waals surface area contributed by atoms with E-state index < -0.39 is 5.97 Å². The van der Waals surface area contributed by atoms with Crippen LogP contribution in [-0.2, 0) is 14.3 Å². The fourth-order valence-electron chi connectivity index (χ4n) is 1.24. The first-order valence-electron chi connectivity index (χ1n) is 6.21. The molecular formula is C13H21NO4. The van der Waals surface area contributed by atoms with Crippen LogP contribution in [0, 0.1) is 11.3 Å². The van der Waals surface area contributed by atoms with Crippen LogP contribution in [0.1, 0.15) is 32.6 Å². The van der Waals surface area contributed by atoms with Gasteiger partial charge in [-0.05, 0) is 12.8 Å². The first kappa shape index (κ1) is 16.6. The minimum absolute atomic E-state index is 0.241. The number of ether oxygens (including phenoxy) is 2. The number of carbonyl (C=O) groups is 1. The van der Waals surface area contributed by atoms with Gasteiger partial charge in [0, 0.05) is 6.61 Å². The van der Waals surface area contributed by atoms with E-state index in [0.717, 1.165) is 13.0 Å². The highest BCUT2D eigenvalue weighted by atomic mass is 16.5. The number of nitriles is 1. The van der Waals surface area contributed by atoms with Gasteiger partial charge in [-0.25, -0.2) is 4.79 Å². The van der Waals surface area contributed by atoms with Crippen molar-refractivity contribution in [3.05, 3.63) is 11.6 Å². The van der Waals surface area contributed by atoms with Gasteiger partial charge in [0.05, 0.1) is 19.8 Å². The Hall–Kier alpha value is -1.38. The second-order valence-electron chi connectivity index (χ2n) is 3.76. The molecule has 1 N–H and O–H groups in total. The van der Waals surface area contributed by atoms with Gasteiger partial charge in [0.2, 0.25) is 0 Å². The molecule has 18 heavy (non-hydrogen) atoms. The van der Waals surface area contributed by atoms with Crippen molar-refractivity contribution in [2.75, 3.05) is 26.4 Å². The summed E-state index contributed by atoms with van der Waals surface area (Å²) in [5, 5.41) is 17.0. The molecule has 0 saturated carbocycles. The highest BCUT2D eigenvalue weighted by molar-refractivity contribution is 5.90. The second kappa shape index (κ2) is 12.1. The van der Waals surface area contributed by atoms with E-state index in [4.69, 9.17) is 19.8 Å². The summed E-state index contributed by atoms with van der Waals surface area (Å²) in [6.45, 7) is 4.35. The summed E-state index contributed by atoms with van der Waals surface area (Å²) in [5.41, 5.74) is -0.241. The zero-order chi connectivity index (χ0) is 13.6. The predicted octanol–water partition coefficient (Wildman–Crippen LogP) is 2.13. The average molecular weight is 255 g/mol. The maximum atomic E-state index is 10.5. The minimum atomic E-state index is -1.20. The van der Waals surface area contributed by atoms with Crippen LogP contribution in [0.2, 0.25) is 0 Å². The summed E-state index contributed by atoms with van der Waals surface area (Å²) >= 11 is 0. The molecule has 0 bridgehead atoms. The van der Waals surface area contributed by atoms with Crippen LogP contribution >= 0.6 is 0 Å². The van der Waals surface area contributed by atoms with E-state index in [1.807, 2.05) is 0 Å². The average Bonchev–Trinajstić information content (AvgIpc) is 2.35. The number of aliphatic carboxylic acids is 1. The number of carboxylic acids is 1. The summed E-state index contributed by atoms with van der Waals surface area (Å²) in [4.78, 5) is 10.5. The lowest BCUT2D eigenvalue weighted by molar-refractivity contribution is -0.132. The first-order chi connectivity index (χ1) is 8.72. The second-order valence-corrected chi connectivity index (χ2v) is 3.76. The predicted molar refractivity (Wildman–Crippen MR) is 67.1 cm³/mol. The maximum Gasteiger partial charge on any atom is 0.346 e. The molecule has 0 spiro atoms. The molecule has 0 amide bonds. The van der Waals surface area contributed by atoms with Gasteiger partial charge in [-0.1, -0.05) is 25.8 Å². The van der Waals surface area contributed by atoms with E-state index in [1.165, 1.54) is 18.9 Å². The van der Waals surface area contributed by atoms with Gasteiger partial charge in [0.1, 0.15) is 11.6 Å². The molecule has 0 aromatic rings. The monoisotopic (exact) mass is 255 g/mol. The molecule has 0 aromatic heterocycles. The van der Waals surface area contributed by atoms with Gasteiger partial charge >= 0.3 is 5.97 Å². The third-order valence-corrected chi connectivity index (χ3v) is 2.23. The van der Waals surface area contributed by atoms with Crippen LogP contribution in [0.4, 0.5) is 0 Å². The summed E-state index contributed by atoms with van der Waals surface area (Å²) in [7, 11) is 0. The number of carboxylic acid groups (broad SMARTS) is 1. The molecule has 0 aliphatic heterocycles. The number of rotatable bonds is 11. The van der Waals surface area contributed by atoms with Crippen LogP contribution in [0.3, 0.4) is 0 Å². The third-order valence-electron chi connectivity index (χ3n) is 2.23. The van der Waals surface area contributed by atoms with Crippen LogP contribution in [-0.4, -0.2) is 37.5 Å². The van der Waals surface area contributed by atoms with Crippen molar-refractivity contribution in [1.82, 2.24) is 0 Å². The fourth-order valence-corrected chi connectivity index (χ4v) is 1.24. The first-order valence-corrected chi connectivity index (χ1v) is 6.21. The maximum absolute atomic E-state index is 10.5. The Bertz CT molecular complexity index is 294. The van der Waals surface area contributed by atoms with Gasteiger partial charge in [0.25, 0.3) is 0 Å². The van der Waals surface area contributed by atoms with Crippen molar-refractivity contribution in [2.45, 2.75) is 32.6 Å². The molecule has 0 saturated heterocycles. The topological polar surface area (TPSA) is 79.5 Å². The van der Waals surface area contributed by atoms with Gasteiger partial charge < -0.3 is 14.6 Å². The van der Waals surface area contributed by atoms with E-state index in [9.17, 15) is 4.79 Å². The van der Waals surface area contributed by atoms with Gasteiger partial charge in [-0.3, -0.25) is 0 Å². The zero-order valence-electron chi connectivity index (χ0n) is 10.9. The minimum Gasteiger partial charge on any atom is -0.477 e. The van der Waals surface area contributed by atoms with E-state index >= 15 is 0 Å². The normalized spacial score (nSPS) is 11.2. The summed E-state index contributed by atoms with van der Waals surface area (Å²) in [6.07, 6.45) is 5.22. The number of hydrogen-bond acceptors (Lipinski definition) is 4.